The van der Waals surface area contributed by atoms with Crippen LogP contribution in [0.1, 0.15) is 42.9 Å². The number of fused-ring (bicyclic) bond motifs is 1. The summed E-state index contributed by atoms with van der Waals surface area (Å²) in [6.45, 7) is 4.23. The number of likely N-dealkylation sites (tertiary alicyclic amines) is 1. The molecule has 3 rings (SSSR count). The first kappa shape index (κ1) is 14.7. The molecule has 1 saturated heterocycles. The fourth-order valence-corrected chi connectivity index (χ4v) is 3.69. The van der Waals surface area contributed by atoms with Crippen molar-refractivity contribution in [3.05, 3.63) is 23.3 Å². The zero-order chi connectivity index (χ0) is 14.7. The minimum absolute atomic E-state index is 0.400. The fraction of sp³-hybridized carbons (Fsp3) is 0.647. The maximum absolute atomic E-state index is 5.65. The third kappa shape index (κ3) is 2.87. The van der Waals surface area contributed by atoms with E-state index in [1.54, 1.807) is 14.2 Å². The van der Waals surface area contributed by atoms with E-state index < -0.39 is 0 Å². The molecule has 21 heavy (non-hydrogen) atoms. The summed E-state index contributed by atoms with van der Waals surface area (Å²) in [7, 11) is 3.52. The van der Waals surface area contributed by atoms with Crippen molar-refractivity contribution in [3.8, 4) is 11.5 Å². The monoisotopic (exact) mass is 290 g/mol. The second-order valence-corrected chi connectivity index (χ2v) is 5.96. The van der Waals surface area contributed by atoms with E-state index in [1.807, 2.05) is 12.1 Å². The van der Waals surface area contributed by atoms with Gasteiger partial charge in [-0.15, -0.1) is 0 Å². The standard InChI is InChI=1S/C17H26N2O2/c1-20-15-7-8-16(21-2)17-13(15)11-18-12-14(17)19-9-5-3-4-6-10-19/h7-8,14,18H,3-6,9-12H2,1-2H3/t14-/m0/s1. The van der Waals surface area contributed by atoms with Gasteiger partial charge in [-0.2, -0.15) is 0 Å². The van der Waals surface area contributed by atoms with Crippen LogP contribution in [0.5, 0.6) is 11.5 Å². The SMILES string of the molecule is COc1ccc(OC)c2c1CNC[C@@H]2N1CCCCCC1. The van der Waals surface area contributed by atoms with Gasteiger partial charge in [-0.3, -0.25) is 4.90 Å². The maximum atomic E-state index is 5.65. The van der Waals surface area contributed by atoms with Crippen molar-refractivity contribution >= 4 is 0 Å². The highest BCUT2D eigenvalue weighted by Crippen LogP contribution is 2.40. The van der Waals surface area contributed by atoms with Gasteiger partial charge in [0.25, 0.3) is 0 Å². The van der Waals surface area contributed by atoms with Gasteiger partial charge in [0, 0.05) is 24.2 Å². The lowest BCUT2D eigenvalue weighted by Crippen LogP contribution is -2.40. The summed E-state index contributed by atoms with van der Waals surface area (Å²) < 4.78 is 11.2. The number of nitrogens with one attached hydrogen (secondary N) is 1. The van der Waals surface area contributed by atoms with E-state index in [0.29, 0.717) is 6.04 Å². The third-order valence-corrected chi connectivity index (χ3v) is 4.77. The van der Waals surface area contributed by atoms with Crippen LogP contribution in [0.3, 0.4) is 0 Å². The molecule has 2 heterocycles. The molecule has 0 radical (unpaired) electrons. The van der Waals surface area contributed by atoms with Gasteiger partial charge in [-0.05, 0) is 38.1 Å². The van der Waals surface area contributed by atoms with Crippen molar-refractivity contribution in [3.63, 3.8) is 0 Å². The fourth-order valence-electron chi connectivity index (χ4n) is 3.69. The molecule has 0 amide bonds. The molecular weight excluding hydrogens is 264 g/mol. The van der Waals surface area contributed by atoms with Gasteiger partial charge in [0.2, 0.25) is 0 Å². The predicted molar refractivity (Wildman–Crippen MR) is 84.0 cm³/mol. The van der Waals surface area contributed by atoms with Crippen LogP contribution in [-0.4, -0.2) is 38.8 Å². The van der Waals surface area contributed by atoms with Crippen LogP contribution in [0.2, 0.25) is 0 Å². The van der Waals surface area contributed by atoms with Gasteiger partial charge < -0.3 is 14.8 Å². The summed E-state index contributed by atoms with van der Waals surface area (Å²) >= 11 is 0. The average Bonchev–Trinajstić information content (AvgIpc) is 2.82. The Hall–Kier alpha value is -1.26. The zero-order valence-electron chi connectivity index (χ0n) is 13.2. The van der Waals surface area contributed by atoms with Gasteiger partial charge >= 0.3 is 0 Å². The molecule has 0 bridgehead atoms. The van der Waals surface area contributed by atoms with E-state index >= 15 is 0 Å². The molecule has 0 aromatic heterocycles. The van der Waals surface area contributed by atoms with E-state index in [1.165, 1.54) is 49.9 Å². The molecule has 1 aromatic rings. The first-order chi connectivity index (χ1) is 10.3. The number of nitrogens with zero attached hydrogens (tertiary/aromatic N) is 1. The van der Waals surface area contributed by atoms with Gasteiger partial charge in [-0.1, -0.05) is 12.8 Å². The molecule has 1 aromatic carbocycles. The van der Waals surface area contributed by atoms with Crippen LogP contribution in [-0.2, 0) is 6.54 Å². The maximum Gasteiger partial charge on any atom is 0.124 e. The van der Waals surface area contributed by atoms with E-state index in [0.717, 1.165) is 24.6 Å². The number of hydrogen-bond acceptors (Lipinski definition) is 4. The second-order valence-electron chi connectivity index (χ2n) is 5.96. The highest BCUT2D eigenvalue weighted by molar-refractivity contribution is 5.51. The van der Waals surface area contributed by atoms with Crippen LogP contribution >= 0.6 is 0 Å². The molecule has 1 N–H and O–H groups in total. The summed E-state index contributed by atoms with van der Waals surface area (Å²) in [5.74, 6) is 1.97. The Morgan fingerprint density at radius 1 is 1.00 bits per heavy atom. The highest BCUT2D eigenvalue weighted by Gasteiger charge is 2.31. The molecule has 2 aliphatic heterocycles. The molecule has 0 spiro atoms. The number of rotatable bonds is 3. The Kier molecular flexibility index (Phi) is 4.66. The lowest BCUT2D eigenvalue weighted by molar-refractivity contribution is 0.186. The Morgan fingerprint density at radius 3 is 2.33 bits per heavy atom. The van der Waals surface area contributed by atoms with E-state index in [4.69, 9.17) is 9.47 Å². The summed E-state index contributed by atoms with van der Waals surface area (Å²) in [6, 6.07) is 4.47. The lowest BCUT2D eigenvalue weighted by Gasteiger charge is -2.37. The molecular formula is C17H26N2O2. The second kappa shape index (κ2) is 6.67. The molecule has 116 valence electrons. The Morgan fingerprint density at radius 2 is 1.67 bits per heavy atom. The lowest BCUT2D eigenvalue weighted by atomic mass is 9.93. The quantitative estimate of drug-likeness (QED) is 0.928. The summed E-state index contributed by atoms with van der Waals surface area (Å²) in [5, 5.41) is 3.56. The Labute approximate surface area is 127 Å². The normalized spacial score (nSPS) is 23.2. The van der Waals surface area contributed by atoms with Crippen LogP contribution in [0.4, 0.5) is 0 Å². The average molecular weight is 290 g/mol. The van der Waals surface area contributed by atoms with Crippen LogP contribution < -0.4 is 14.8 Å². The Bertz CT molecular complexity index is 482. The van der Waals surface area contributed by atoms with Crippen molar-refractivity contribution in [1.29, 1.82) is 0 Å². The van der Waals surface area contributed by atoms with Crippen molar-refractivity contribution in [2.75, 3.05) is 33.9 Å². The van der Waals surface area contributed by atoms with Gasteiger partial charge in [-0.25, -0.2) is 0 Å². The smallest absolute Gasteiger partial charge is 0.124 e. The van der Waals surface area contributed by atoms with Crippen molar-refractivity contribution in [2.24, 2.45) is 0 Å². The van der Waals surface area contributed by atoms with Gasteiger partial charge in [0.15, 0.2) is 0 Å². The molecule has 2 aliphatic rings. The minimum Gasteiger partial charge on any atom is -0.496 e. The predicted octanol–water partition coefficient (Wildman–Crippen LogP) is 2.72. The third-order valence-electron chi connectivity index (χ3n) is 4.77. The van der Waals surface area contributed by atoms with Gasteiger partial charge in [0.05, 0.1) is 20.3 Å². The summed E-state index contributed by atoms with van der Waals surface area (Å²) in [4.78, 5) is 2.62. The van der Waals surface area contributed by atoms with E-state index in [-0.39, 0.29) is 0 Å². The molecule has 1 atom stereocenters. The summed E-state index contributed by atoms with van der Waals surface area (Å²) in [5.41, 5.74) is 2.59. The van der Waals surface area contributed by atoms with Crippen molar-refractivity contribution in [1.82, 2.24) is 10.2 Å². The van der Waals surface area contributed by atoms with E-state index in [9.17, 15) is 0 Å². The van der Waals surface area contributed by atoms with Gasteiger partial charge in [0.1, 0.15) is 11.5 Å². The molecule has 0 saturated carbocycles. The highest BCUT2D eigenvalue weighted by atomic mass is 16.5. The number of methoxy groups -OCH3 is 2. The van der Waals surface area contributed by atoms with Crippen LogP contribution in [0.25, 0.3) is 0 Å². The number of hydrogen-bond donors (Lipinski definition) is 1. The van der Waals surface area contributed by atoms with Crippen LogP contribution in [0, 0.1) is 0 Å². The van der Waals surface area contributed by atoms with Crippen molar-refractivity contribution in [2.45, 2.75) is 38.3 Å². The van der Waals surface area contributed by atoms with Crippen LogP contribution in [0.15, 0.2) is 12.1 Å². The summed E-state index contributed by atoms with van der Waals surface area (Å²) in [6.07, 6.45) is 5.33. The zero-order valence-corrected chi connectivity index (χ0v) is 13.2. The molecule has 4 nitrogen and oxygen atoms in total. The number of benzene rings is 1. The first-order valence-corrected chi connectivity index (χ1v) is 8.03. The van der Waals surface area contributed by atoms with E-state index in [2.05, 4.69) is 10.2 Å². The Balaban J connectivity index is 1.98. The molecule has 1 fully saturated rings. The topological polar surface area (TPSA) is 33.7 Å². The number of ether oxygens (including phenoxy) is 2. The first-order valence-electron chi connectivity index (χ1n) is 8.03. The molecule has 0 aliphatic carbocycles. The largest absolute Gasteiger partial charge is 0.496 e. The molecule has 4 heteroatoms. The molecule has 0 unspecified atom stereocenters. The minimum atomic E-state index is 0.400. The van der Waals surface area contributed by atoms with Crippen molar-refractivity contribution < 1.29 is 9.47 Å².